The molecule has 4 fully saturated rings. The van der Waals surface area contributed by atoms with Crippen molar-refractivity contribution >= 4 is 17.9 Å². The maximum atomic E-state index is 13.5. The Morgan fingerprint density at radius 3 is 2.63 bits per heavy atom. The van der Waals surface area contributed by atoms with E-state index in [1.807, 2.05) is 0 Å². The predicted molar refractivity (Wildman–Crippen MR) is 91.3 cm³/mol. The first-order valence-corrected chi connectivity index (χ1v) is 9.30. The molecular weight excluding hydrogens is 353 g/mol. The van der Waals surface area contributed by atoms with E-state index in [1.165, 1.54) is 18.2 Å². The van der Waals surface area contributed by atoms with E-state index in [0.717, 1.165) is 12.8 Å². The van der Waals surface area contributed by atoms with E-state index in [4.69, 9.17) is 4.74 Å². The normalized spacial score (nSPS) is 25.9. The number of carbonyl (C=O) groups excluding carboxylic acids is 3. The number of nitrogens with zero attached hydrogens (tertiary/aromatic N) is 3. The van der Waals surface area contributed by atoms with Gasteiger partial charge in [0.15, 0.2) is 5.60 Å². The van der Waals surface area contributed by atoms with Crippen molar-refractivity contribution in [3.8, 4) is 0 Å². The number of fused-ring (bicyclic) bond motifs is 2. The molecule has 27 heavy (non-hydrogen) atoms. The van der Waals surface area contributed by atoms with Crippen LogP contribution in [0.15, 0.2) is 24.3 Å². The largest absolute Gasteiger partial charge is 0.437 e. The molecule has 8 heteroatoms. The molecule has 3 saturated heterocycles. The van der Waals surface area contributed by atoms with Crippen molar-refractivity contribution in [2.24, 2.45) is 5.92 Å². The number of piperazine rings is 1. The van der Waals surface area contributed by atoms with Gasteiger partial charge in [-0.1, -0.05) is 6.07 Å². The zero-order chi connectivity index (χ0) is 18.8. The Labute approximate surface area is 155 Å². The number of carbonyl (C=O) groups is 3. The summed E-state index contributed by atoms with van der Waals surface area (Å²) in [5.74, 6) is -0.441. The van der Waals surface area contributed by atoms with Crippen molar-refractivity contribution in [3.63, 3.8) is 0 Å². The summed E-state index contributed by atoms with van der Waals surface area (Å²) in [6.45, 7) is 1.85. The monoisotopic (exact) mass is 373 g/mol. The molecule has 1 unspecified atom stereocenters. The van der Waals surface area contributed by atoms with Crippen molar-refractivity contribution in [1.82, 2.24) is 14.7 Å². The van der Waals surface area contributed by atoms with Gasteiger partial charge in [0.05, 0.1) is 19.1 Å². The van der Waals surface area contributed by atoms with Gasteiger partial charge in [-0.05, 0) is 31.0 Å². The van der Waals surface area contributed by atoms with Crippen LogP contribution in [0, 0.1) is 11.7 Å². The Morgan fingerprint density at radius 1 is 1.15 bits per heavy atom. The van der Waals surface area contributed by atoms with Crippen molar-refractivity contribution in [1.29, 1.82) is 0 Å². The van der Waals surface area contributed by atoms with Crippen LogP contribution in [0.3, 0.4) is 0 Å². The average molecular weight is 373 g/mol. The van der Waals surface area contributed by atoms with Gasteiger partial charge >= 0.3 is 6.09 Å². The topological polar surface area (TPSA) is 70.2 Å². The van der Waals surface area contributed by atoms with Crippen LogP contribution >= 0.6 is 0 Å². The first-order chi connectivity index (χ1) is 13.0. The highest BCUT2D eigenvalue weighted by Crippen LogP contribution is 2.42. The molecule has 3 amide bonds. The highest BCUT2D eigenvalue weighted by molar-refractivity contribution is 5.94. The Hall–Kier alpha value is -2.64. The quantitative estimate of drug-likeness (QED) is 0.778. The van der Waals surface area contributed by atoms with E-state index in [2.05, 4.69) is 0 Å². The van der Waals surface area contributed by atoms with Crippen molar-refractivity contribution in [3.05, 3.63) is 35.6 Å². The molecule has 1 aromatic carbocycles. The van der Waals surface area contributed by atoms with E-state index in [0.29, 0.717) is 38.3 Å². The average Bonchev–Trinajstić information content (AvgIpc) is 3.43. The maximum Gasteiger partial charge on any atom is 0.411 e. The van der Waals surface area contributed by atoms with Gasteiger partial charge in [0.2, 0.25) is 5.91 Å². The molecule has 5 rings (SSSR count). The maximum absolute atomic E-state index is 13.5. The van der Waals surface area contributed by atoms with Crippen LogP contribution in [-0.2, 0) is 9.53 Å². The predicted octanol–water partition coefficient (Wildman–Crippen LogP) is 1.09. The van der Waals surface area contributed by atoms with Gasteiger partial charge in [0, 0.05) is 31.1 Å². The van der Waals surface area contributed by atoms with Crippen LogP contribution in [0.5, 0.6) is 0 Å². The number of halogens is 1. The number of ether oxygens (including phenoxy) is 1. The fourth-order valence-corrected chi connectivity index (χ4v) is 4.36. The van der Waals surface area contributed by atoms with Gasteiger partial charge < -0.3 is 14.5 Å². The minimum Gasteiger partial charge on any atom is -0.437 e. The molecule has 1 atom stereocenters. The van der Waals surface area contributed by atoms with Crippen molar-refractivity contribution in [2.75, 3.05) is 32.7 Å². The lowest BCUT2D eigenvalue weighted by Crippen LogP contribution is -2.72. The van der Waals surface area contributed by atoms with E-state index in [1.54, 1.807) is 20.8 Å². The smallest absolute Gasteiger partial charge is 0.411 e. The van der Waals surface area contributed by atoms with Gasteiger partial charge in [-0.2, -0.15) is 0 Å². The number of amides is 3. The zero-order valence-electron chi connectivity index (χ0n) is 14.8. The minimum atomic E-state index is -0.734. The zero-order valence-corrected chi connectivity index (χ0v) is 14.8. The highest BCUT2D eigenvalue weighted by atomic mass is 19.1. The molecule has 0 aromatic heterocycles. The molecule has 3 aliphatic heterocycles. The molecule has 1 aliphatic carbocycles. The lowest BCUT2D eigenvalue weighted by molar-refractivity contribution is -0.156. The molecule has 142 valence electrons. The molecule has 0 radical (unpaired) electrons. The second-order valence-corrected chi connectivity index (χ2v) is 7.87. The van der Waals surface area contributed by atoms with E-state index >= 15 is 0 Å². The number of rotatable bonds is 2. The second kappa shape index (κ2) is 5.68. The van der Waals surface area contributed by atoms with Crippen molar-refractivity contribution in [2.45, 2.75) is 24.5 Å². The summed E-state index contributed by atoms with van der Waals surface area (Å²) in [7, 11) is 0. The standard InChI is InChI=1S/C19H20FN3O4/c20-14-3-1-2-13(8-14)17(25)21-6-7-23-15(9-21)19(27-18(23)26)10-22(11-19)16(24)12-4-5-12/h1-3,8,12,15H,4-7,9-11H2. The van der Waals surface area contributed by atoms with Gasteiger partial charge in [-0.3, -0.25) is 14.5 Å². The Bertz CT molecular complexity index is 834. The SMILES string of the molecule is O=C(c1cccc(F)c1)N1CCN2C(=O)OC3(CN(C(=O)C4CC4)C3)C2C1. The van der Waals surface area contributed by atoms with Gasteiger partial charge in [0.25, 0.3) is 5.91 Å². The molecule has 1 spiro atoms. The van der Waals surface area contributed by atoms with Gasteiger partial charge in [-0.15, -0.1) is 0 Å². The second-order valence-electron chi connectivity index (χ2n) is 7.87. The summed E-state index contributed by atoms with van der Waals surface area (Å²) in [6.07, 6.45) is 1.50. The van der Waals surface area contributed by atoms with Crippen LogP contribution in [0.1, 0.15) is 23.2 Å². The van der Waals surface area contributed by atoms with E-state index < -0.39 is 11.4 Å². The van der Waals surface area contributed by atoms with Crippen molar-refractivity contribution < 1.29 is 23.5 Å². The summed E-state index contributed by atoms with van der Waals surface area (Å²) in [4.78, 5) is 42.3. The summed E-state index contributed by atoms with van der Waals surface area (Å²) in [5, 5.41) is 0. The third kappa shape index (κ3) is 2.57. The molecule has 1 aromatic rings. The fraction of sp³-hybridized carbons (Fsp3) is 0.526. The molecule has 7 nitrogen and oxygen atoms in total. The number of hydrogen-bond acceptors (Lipinski definition) is 4. The summed E-state index contributed by atoms with van der Waals surface area (Å²) in [5.41, 5.74) is -0.440. The van der Waals surface area contributed by atoms with Crippen LogP contribution in [0.2, 0.25) is 0 Å². The summed E-state index contributed by atoms with van der Waals surface area (Å²) >= 11 is 0. The summed E-state index contributed by atoms with van der Waals surface area (Å²) < 4.78 is 19.1. The van der Waals surface area contributed by atoms with E-state index in [9.17, 15) is 18.8 Å². The van der Waals surface area contributed by atoms with Gasteiger partial charge in [0.1, 0.15) is 5.82 Å². The Kier molecular flexibility index (Phi) is 3.47. The van der Waals surface area contributed by atoms with Crippen LogP contribution in [-0.4, -0.2) is 77.0 Å². The Balaban J connectivity index is 1.32. The van der Waals surface area contributed by atoms with E-state index in [-0.39, 0.29) is 29.9 Å². The molecule has 3 heterocycles. The number of benzene rings is 1. The molecular formula is C19H20FN3O4. The highest BCUT2D eigenvalue weighted by Gasteiger charge is 2.63. The first kappa shape index (κ1) is 16.5. The number of hydrogen-bond donors (Lipinski definition) is 0. The molecule has 0 N–H and O–H groups in total. The molecule has 1 saturated carbocycles. The molecule has 4 aliphatic rings. The first-order valence-electron chi connectivity index (χ1n) is 9.30. The minimum absolute atomic E-state index is 0.132. The third-order valence-corrected chi connectivity index (χ3v) is 6.03. The lowest BCUT2D eigenvalue weighted by Gasteiger charge is -2.51. The van der Waals surface area contributed by atoms with Crippen LogP contribution < -0.4 is 0 Å². The van der Waals surface area contributed by atoms with Crippen LogP contribution in [0.4, 0.5) is 9.18 Å². The fourth-order valence-electron chi connectivity index (χ4n) is 4.36. The van der Waals surface area contributed by atoms with Gasteiger partial charge in [-0.25, -0.2) is 9.18 Å². The third-order valence-electron chi connectivity index (χ3n) is 6.03. The lowest BCUT2D eigenvalue weighted by atomic mass is 9.84. The molecule has 0 bridgehead atoms. The Morgan fingerprint density at radius 2 is 1.93 bits per heavy atom. The summed E-state index contributed by atoms with van der Waals surface area (Å²) in [6, 6.07) is 5.34. The van der Waals surface area contributed by atoms with Crippen LogP contribution in [0.25, 0.3) is 0 Å². The number of likely N-dealkylation sites (tertiary alicyclic amines) is 1.